The molecule has 1 heterocycles. The predicted octanol–water partition coefficient (Wildman–Crippen LogP) is 5.71. The van der Waals surface area contributed by atoms with Crippen molar-refractivity contribution < 1.29 is 9.59 Å². The average molecular weight is 461 g/mol. The minimum Gasteiger partial charge on any atom is -0.333 e. The SMILES string of the molecule is CCC(C(=O)N(CC(=O)N(Cc1ccccc1)Cc1cccs1)CC1CC1)c1ccccc1. The van der Waals surface area contributed by atoms with E-state index in [-0.39, 0.29) is 24.3 Å². The molecule has 4 rings (SSSR count). The van der Waals surface area contributed by atoms with Gasteiger partial charge in [-0.2, -0.15) is 0 Å². The fourth-order valence-electron chi connectivity index (χ4n) is 4.19. The highest BCUT2D eigenvalue weighted by atomic mass is 32.1. The van der Waals surface area contributed by atoms with Crippen LogP contribution in [0.4, 0.5) is 0 Å². The second kappa shape index (κ2) is 11.3. The second-order valence-electron chi connectivity index (χ2n) is 8.85. The Morgan fingerprint density at radius 2 is 1.61 bits per heavy atom. The Morgan fingerprint density at radius 3 is 2.21 bits per heavy atom. The third-order valence-corrected chi connectivity index (χ3v) is 7.08. The summed E-state index contributed by atoms with van der Waals surface area (Å²) in [4.78, 5) is 32.1. The molecule has 0 aliphatic heterocycles. The number of carbonyl (C=O) groups excluding carboxylic acids is 2. The van der Waals surface area contributed by atoms with E-state index in [1.807, 2.05) is 88.8 Å². The number of rotatable bonds is 11. The van der Waals surface area contributed by atoms with Gasteiger partial charge in [-0.1, -0.05) is 73.7 Å². The molecular weight excluding hydrogens is 428 g/mol. The van der Waals surface area contributed by atoms with Crippen LogP contribution < -0.4 is 0 Å². The molecule has 5 heteroatoms. The summed E-state index contributed by atoms with van der Waals surface area (Å²) in [5.74, 6) is 0.386. The number of hydrogen-bond donors (Lipinski definition) is 0. The van der Waals surface area contributed by atoms with Gasteiger partial charge in [0.2, 0.25) is 11.8 Å². The van der Waals surface area contributed by atoms with Crippen LogP contribution in [0, 0.1) is 5.92 Å². The zero-order chi connectivity index (χ0) is 23.0. The van der Waals surface area contributed by atoms with E-state index in [0.29, 0.717) is 25.6 Å². The highest BCUT2D eigenvalue weighted by Gasteiger charge is 2.32. The Balaban J connectivity index is 1.52. The molecule has 1 unspecified atom stereocenters. The van der Waals surface area contributed by atoms with Gasteiger partial charge in [-0.05, 0) is 47.8 Å². The molecule has 0 bridgehead atoms. The van der Waals surface area contributed by atoms with Gasteiger partial charge in [0.05, 0.1) is 19.0 Å². The van der Waals surface area contributed by atoms with Crippen molar-refractivity contribution in [3.8, 4) is 0 Å². The molecule has 2 amide bonds. The maximum absolute atomic E-state index is 13.6. The maximum Gasteiger partial charge on any atom is 0.242 e. The van der Waals surface area contributed by atoms with E-state index >= 15 is 0 Å². The van der Waals surface area contributed by atoms with Gasteiger partial charge in [0.15, 0.2) is 0 Å². The fraction of sp³-hybridized carbons (Fsp3) is 0.357. The lowest BCUT2D eigenvalue weighted by atomic mass is 9.95. The van der Waals surface area contributed by atoms with Crippen LogP contribution >= 0.6 is 11.3 Å². The highest BCUT2D eigenvalue weighted by Crippen LogP contribution is 2.31. The molecule has 4 nitrogen and oxygen atoms in total. The summed E-state index contributed by atoms with van der Waals surface area (Å²) in [6.07, 6.45) is 3.01. The van der Waals surface area contributed by atoms with Crippen molar-refractivity contribution in [2.75, 3.05) is 13.1 Å². The molecule has 1 atom stereocenters. The van der Waals surface area contributed by atoms with Crippen LogP contribution in [-0.2, 0) is 22.7 Å². The first kappa shape index (κ1) is 23.2. The fourth-order valence-corrected chi connectivity index (χ4v) is 4.91. The van der Waals surface area contributed by atoms with Crippen molar-refractivity contribution in [3.63, 3.8) is 0 Å². The summed E-state index contributed by atoms with van der Waals surface area (Å²) in [6.45, 7) is 3.96. The minimum atomic E-state index is -0.211. The van der Waals surface area contributed by atoms with Crippen LogP contribution in [0.25, 0.3) is 0 Å². The molecule has 1 fully saturated rings. The molecule has 1 aromatic heterocycles. The lowest BCUT2D eigenvalue weighted by molar-refractivity contribution is -0.142. The quantitative estimate of drug-likeness (QED) is 0.368. The Labute approximate surface area is 200 Å². The Bertz CT molecular complexity index is 1020. The van der Waals surface area contributed by atoms with E-state index in [1.165, 1.54) is 0 Å². The van der Waals surface area contributed by atoms with Crippen LogP contribution in [-0.4, -0.2) is 34.7 Å². The van der Waals surface area contributed by atoms with Crippen molar-refractivity contribution in [2.45, 2.75) is 45.2 Å². The molecule has 33 heavy (non-hydrogen) atoms. The first-order chi connectivity index (χ1) is 16.1. The van der Waals surface area contributed by atoms with Gasteiger partial charge in [0.25, 0.3) is 0 Å². The van der Waals surface area contributed by atoms with E-state index in [2.05, 4.69) is 6.07 Å². The van der Waals surface area contributed by atoms with Crippen LogP contribution in [0.1, 0.15) is 48.1 Å². The zero-order valence-corrected chi connectivity index (χ0v) is 20.0. The third kappa shape index (κ3) is 6.55. The van der Waals surface area contributed by atoms with E-state index in [0.717, 1.165) is 35.3 Å². The molecule has 0 saturated heterocycles. The smallest absolute Gasteiger partial charge is 0.242 e. The van der Waals surface area contributed by atoms with Crippen LogP contribution in [0.2, 0.25) is 0 Å². The normalized spacial score (nSPS) is 14.0. The van der Waals surface area contributed by atoms with Crippen molar-refractivity contribution in [1.29, 1.82) is 0 Å². The number of nitrogens with zero attached hydrogens (tertiary/aromatic N) is 2. The number of thiophene rings is 1. The second-order valence-corrected chi connectivity index (χ2v) is 9.88. The topological polar surface area (TPSA) is 40.6 Å². The van der Waals surface area contributed by atoms with Gasteiger partial charge in [0, 0.05) is 18.0 Å². The van der Waals surface area contributed by atoms with E-state index in [9.17, 15) is 9.59 Å². The predicted molar refractivity (Wildman–Crippen MR) is 134 cm³/mol. The van der Waals surface area contributed by atoms with Gasteiger partial charge in [-0.25, -0.2) is 0 Å². The Morgan fingerprint density at radius 1 is 0.909 bits per heavy atom. The summed E-state index contributed by atoms with van der Waals surface area (Å²) in [5.41, 5.74) is 2.12. The summed E-state index contributed by atoms with van der Waals surface area (Å²) in [5, 5.41) is 2.04. The third-order valence-electron chi connectivity index (χ3n) is 6.22. The summed E-state index contributed by atoms with van der Waals surface area (Å²) >= 11 is 1.66. The van der Waals surface area contributed by atoms with Gasteiger partial charge >= 0.3 is 0 Å². The number of carbonyl (C=O) groups is 2. The molecule has 172 valence electrons. The van der Waals surface area contributed by atoms with E-state index in [1.54, 1.807) is 11.3 Å². The first-order valence-corrected chi connectivity index (χ1v) is 12.7. The highest BCUT2D eigenvalue weighted by molar-refractivity contribution is 7.09. The first-order valence-electron chi connectivity index (χ1n) is 11.8. The monoisotopic (exact) mass is 460 g/mol. The summed E-state index contributed by atoms with van der Waals surface area (Å²) < 4.78 is 0. The van der Waals surface area contributed by atoms with Crippen LogP contribution in [0.5, 0.6) is 0 Å². The number of hydrogen-bond acceptors (Lipinski definition) is 3. The van der Waals surface area contributed by atoms with E-state index < -0.39 is 0 Å². The summed E-state index contributed by atoms with van der Waals surface area (Å²) in [7, 11) is 0. The van der Waals surface area contributed by atoms with Crippen molar-refractivity contribution in [2.24, 2.45) is 5.92 Å². The van der Waals surface area contributed by atoms with Gasteiger partial charge < -0.3 is 9.80 Å². The lowest BCUT2D eigenvalue weighted by Crippen LogP contribution is -2.44. The van der Waals surface area contributed by atoms with Crippen molar-refractivity contribution in [3.05, 3.63) is 94.2 Å². The molecule has 2 aromatic carbocycles. The molecule has 1 aliphatic rings. The number of amides is 2. The molecule has 0 N–H and O–H groups in total. The molecule has 0 radical (unpaired) electrons. The van der Waals surface area contributed by atoms with Crippen molar-refractivity contribution >= 4 is 23.2 Å². The lowest BCUT2D eigenvalue weighted by Gasteiger charge is -2.30. The molecule has 1 aliphatic carbocycles. The van der Waals surface area contributed by atoms with Gasteiger partial charge in [-0.3, -0.25) is 9.59 Å². The number of benzene rings is 2. The van der Waals surface area contributed by atoms with Crippen molar-refractivity contribution in [1.82, 2.24) is 9.80 Å². The molecular formula is C28H32N2O2S. The van der Waals surface area contributed by atoms with Gasteiger partial charge in [-0.15, -0.1) is 11.3 Å². The van der Waals surface area contributed by atoms with Crippen LogP contribution in [0.15, 0.2) is 78.2 Å². The standard InChI is InChI=1S/C28H32N2O2S/c1-2-26(24-12-7-4-8-13-24)28(32)30(19-23-15-16-23)21-27(31)29(20-25-14-9-17-33-25)18-22-10-5-3-6-11-22/h3-14,17,23,26H,2,15-16,18-21H2,1H3. The minimum absolute atomic E-state index is 0.00386. The van der Waals surface area contributed by atoms with Gasteiger partial charge in [0.1, 0.15) is 0 Å². The zero-order valence-electron chi connectivity index (χ0n) is 19.2. The maximum atomic E-state index is 13.6. The Hall–Kier alpha value is -2.92. The average Bonchev–Trinajstić information content (AvgIpc) is 3.51. The molecule has 0 spiro atoms. The molecule has 1 saturated carbocycles. The van der Waals surface area contributed by atoms with E-state index in [4.69, 9.17) is 0 Å². The summed E-state index contributed by atoms with van der Waals surface area (Å²) in [6, 6.07) is 24.1. The van der Waals surface area contributed by atoms with Crippen LogP contribution in [0.3, 0.4) is 0 Å². The Kier molecular flexibility index (Phi) is 7.95. The largest absolute Gasteiger partial charge is 0.333 e. The molecule has 3 aromatic rings.